The Labute approximate surface area is 231 Å². The minimum absolute atomic E-state index is 0.135. The fraction of sp³-hybridized carbons (Fsp3) is 0.310. The number of benzene rings is 3. The van der Waals surface area contributed by atoms with Crippen LogP contribution in [0.2, 0.25) is 0 Å². The average Bonchev–Trinajstić information content (AvgIpc) is 3.32. The summed E-state index contributed by atoms with van der Waals surface area (Å²) in [6, 6.07) is 14.5. The summed E-state index contributed by atoms with van der Waals surface area (Å²) in [4.78, 5) is 20.0. The Bertz CT molecular complexity index is 1440. The molecule has 5 rings (SSSR count). The van der Waals surface area contributed by atoms with Crippen molar-refractivity contribution in [1.29, 1.82) is 0 Å². The maximum Gasteiger partial charge on any atom is 0.416 e. The van der Waals surface area contributed by atoms with Crippen molar-refractivity contribution < 1.29 is 36.2 Å². The Balaban J connectivity index is 1.65. The van der Waals surface area contributed by atoms with Crippen molar-refractivity contribution in [2.45, 2.75) is 37.7 Å². The number of carbonyl (C=O) groups is 1. The van der Waals surface area contributed by atoms with Crippen LogP contribution in [0.15, 0.2) is 77.8 Å². The molecule has 1 saturated heterocycles. The second kappa shape index (κ2) is 10.8. The minimum Gasteiger partial charge on any atom is -0.361 e. The highest BCUT2D eigenvalue weighted by Gasteiger charge is 2.44. The van der Waals surface area contributed by atoms with Gasteiger partial charge in [0.25, 0.3) is 0 Å². The molecular formula is C29H26F6N4O2. The van der Waals surface area contributed by atoms with Gasteiger partial charge in [0.05, 0.1) is 23.7 Å². The Morgan fingerprint density at radius 2 is 1.51 bits per heavy atom. The third-order valence-corrected chi connectivity index (χ3v) is 7.18. The number of amidine groups is 1. The molecule has 0 aromatic heterocycles. The number of rotatable bonds is 5. The van der Waals surface area contributed by atoms with Crippen molar-refractivity contribution in [3.8, 4) is 0 Å². The molecule has 3 aromatic rings. The molecule has 3 aromatic carbocycles. The highest BCUT2D eigenvalue weighted by atomic mass is 19.4. The second-order valence-corrected chi connectivity index (χ2v) is 10.0. The van der Waals surface area contributed by atoms with Gasteiger partial charge in [0.1, 0.15) is 11.9 Å². The molecule has 2 aliphatic rings. The number of carbonyl (C=O) groups excluding carboxylic acids is 1. The van der Waals surface area contributed by atoms with Crippen LogP contribution in [0.25, 0.3) is 0 Å². The summed E-state index contributed by atoms with van der Waals surface area (Å²) in [7, 11) is 0. The molecule has 1 amide bonds. The van der Waals surface area contributed by atoms with Crippen molar-refractivity contribution in [3.05, 3.63) is 106 Å². The second-order valence-electron chi connectivity index (χ2n) is 10.0. The molecule has 12 heteroatoms. The Morgan fingerprint density at radius 1 is 0.902 bits per heavy atom. The fourth-order valence-electron chi connectivity index (χ4n) is 5.19. The summed E-state index contributed by atoms with van der Waals surface area (Å²) in [5.41, 5.74) is 0.541. The number of hydrogen-bond acceptors (Lipinski definition) is 5. The van der Waals surface area contributed by atoms with Crippen LogP contribution in [0.1, 0.15) is 45.5 Å². The summed E-state index contributed by atoms with van der Waals surface area (Å²) in [6.07, 6.45) is -10.5. The number of amides is 1. The summed E-state index contributed by atoms with van der Waals surface area (Å²) < 4.78 is 79.8. The molecule has 216 valence electrons. The first kappa shape index (κ1) is 28.6. The molecule has 2 heterocycles. The van der Waals surface area contributed by atoms with Crippen LogP contribution in [0.4, 0.5) is 26.3 Å². The van der Waals surface area contributed by atoms with Gasteiger partial charge in [0.15, 0.2) is 6.35 Å². The van der Waals surface area contributed by atoms with E-state index in [-0.39, 0.29) is 36.9 Å². The van der Waals surface area contributed by atoms with Gasteiger partial charge in [0, 0.05) is 18.7 Å². The van der Waals surface area contributed by atoms with E-state index in [1.807, 2.05) is 19.1 Å². The lowest BCUT2D eigenvalue weighted by Gasteiger charge is -2.41. The third-order valence-electron chi connectivity index (χ3n) is 7.18. The quantitative estimate of drug-likeness (QED) is 0.406. The van der Waals surface area contributed by atoms with Gasteiger partial charge in [-0.1, -0.05) is 54.1 Å². The summed E-state index contributed by atoms with van der Waals surface area (Å²) in [6.45, 7) is 2.28. The van der Waals surface area contributed by atoms with Gasteiger partial charge < -0.3 is 15.3 Å². The molecule has 6 nitrogen and oxygen atoms in total. The first-order valence-electron chi connectivity index (χ1n) is 12.8. The van der Waals surface area contributed by atoms with Crippen LogP contribution >= 0.6 is 0 Å². The fourth-order valence-corrected chi connectivity index (χ4v) is 5.19. The summed E-state index contributed by atoms with van der Waals surface area (Å²) >= 11 is 0. The molecule has 41 heavy (non-hydrogen) atoms. The molecule has 0 radical (unpaired) electrons. The zero-order valence-corrected chi connectivity index (χ0v) is 21.7. The number of alkyl halides is 6. The van der Waals surface area contributed by atoms with Crippen molar-refractivity contribution in [2.75, 3.05) is 19.6 Å². The maximum atomic E-state index is 13.3. The number of aliphatic imine (C=N–C) groups is 1. The van der Waals surface area contributed by atoms with Crippen molar-refractivity contribution in [2.24, 2.45) is 4.99 Å². The molecule has 0 aliphatic carbocycles. The molecule has 1 fully saturated rings. The topological polar surface area (TPSA) is 68.2 Å². The van der Waals surface area contributed by atoms with Crippen molar-refractivity contribution in [1.82, 2.24) is 15.1 Å². The van der Waals surface area contributed by atoms with Crippen LogP contribution < -0.4 is 5.32 Å². The van der Waals surface area contributed by atoms with E-state index in [9.17, 15) is 36.2 Å². The Morgan fingerprint density at radius 3 is 2.07 bits per heavy atom. The lowest BCUT2D eigenvalue weighted by Crippen LogP contribution is -2.58. The smallest absolute Gasteiger partial charge is 0.361 e. The monoisotopic (exact) mass is 576 g/mol. The van der Waals surface area contributed by atoms with Crippen molar-refractivity contribution in [3.63, 3.8) is 0 Å². The molecular weight excluding hydrogens is 550 g/mol. The van der Waals surface area contributed by atoms with E-state index < -0.39 is 41.9 Å². The van der Waals surface area contributed by atoms with E-state index in [0.717, 1.165) is 29.8 Å². The van der Waals surface area contributed by atoms with E-state index >= 15 is 0 Å². The molecule has 3 unspecified atom stereocenters. The van der Waals surface area contributed by atoms with Crippen LogP contribution in [-0.4, -0.2) is 52.6 Å². The third kappa shape index (κ3) is 5.94. The van der Waals surface area contributed by atoms with Crippen LogP contribution in [-0.2, 0) is 17.1 Å². The molecule has 0 bridgehead atoms. The van der Waals surface area contributed by atoms with E-state index in [0.29, 0.717) is 11.1 Å². The van der Waals surface area contributed by atoms with Gasteiger partial charge in [-0.3, -0.25) is 9.79 Å². The van der Waals surface area contributed by atoms with E-state index in [2.05, 4.69) is 5.32 Å². The Hall–Kier alpha value is -3.90. The largest absolute Gasteiger partial charge is 0.416 e. The number of nitrogens with zero attached hydrogens (tertiary/aromatic N) is 3. The van der Waals surface area contributed by atoms with Crippen molar-refractivity contribution >= 4 is 11.7 Å². The average molecular weight is 577 g/mol. The van der Waals surface area contributed by atoms with Crippen LogP contribution in [0.5, 0.6) is 0 Å². The zero-order chi connectivity index (χ0) is 29.5. The van der Waals surface area contributed by atoms with Gasteiger partial charge in [-0.25, -0.2) is 4.90 Å². The standard InChI is InChI=1S/C29H26F6N4O2/c1-17-3-2-4-20(15-17)25-24(18-5-9-21(10-6-18)28(30,31)32)37-26(19-7-11-22(12-8-19)29(33,34)35)39(25)27(41)38-14-13-36-23(40)16-38/h2-12,15,24-25,27,41H,13-14,16H2,1H3,(H,36,40). The number of piperazine rings is 1. The van der Waals surface area contributed by atoms with Gasteiger partial charge in [-0.15, -0.1) is 0 Å². The minimum atomic E-state index is -4.57. The molecule has 2 N–H and O–H groups in total. The van der Waals surface area contributed by atoms with Gasteiger partial charge in [-0.2, -0.15) is 26.3 Å². The first-order chi connectivity index (χ1) is 19.3. The Kier molecular flexibility index (Phi) is 7.56. The SMILES string of the molecule is Cc1cccc(C2C(c3ccc(C(F)(F)F)cc3)N=C(c3ccc(C(F)(F)F)cc3)N2C(O)N2CCNC(=O)C2)c1. The predicted molar refractivity (Wildman–Crippen MR) is 139 cm³/mol. The lowest BCUT2D eigenvalue weighted by molar-refractivity contribution is -0.138. The van der Waals surface area contributed by atoms with E-state index in [4.69, 9.17) is 4.99 Å². The summed E-state index contributed by atoms with van der Waals surface area (Å²) in [5, 5.41) is 14.4. The zero-order valence-electron chi connectivity index (χ0n) is 21.7. The van der Waals surface area contributed by atoms with Crippen LogP contribution in [0.3, 0.4) is 0 Å². The van der Waals surface area contributed by atoms with E-state index in [1.54, 1.807) is 12.1 Å². The predicted octanol–water partition coefficient (Wildman–Crippen LogP) is 5.29. The molecule has 2 aliphatic heterocycles. The normalized spacial score (nSPS) is 21.0. The van der Waals surface area contributed by atoms with Gasteiger partial charge in [0.2, 0.25) is 5.91 Å². The van der Waals surface area contributed by atoms with E-state index in [1.165, 1.54) is 34.1 Å². The number of aliphatic hydroxyl groups is 1. The number of hydrogen-bond donors (Lipinski definition) is 2. The summed E-state index contributed by atoms with van der Waals surface area (Å²) in [5.74, 6) is -0.164. The van der Waals surface area contributed by atoms with Crippen LogP contribution in [0, 0.1) is 6.92 Å². The number of halogens is 6. The highest BCUT2D eigenvalue weighted by Crippen LogP contribution is 2.45. The van der Waals surface area contributed by atoms with Gasteiger partial charge >= 0.3 is 12.4 Å². The first-order valence-corrected chi connectivity index (χ1v) is 12.8. The molecule has 0 spiro atoms. The molecule has 3 atom stereocenters. The number of aryl methyl sites for hydroxylation is 1. The number of aliphatic hydroxyl groups excluding tert-OH is 1. The number of nitrogens with one attached hydrogen (secondary N) is 1. The molecule has 0 saturated carbocycles. The maximum absolute atomic E-state index is 13.3. The highest BCUT2D eigenvalue weighted by molar-refractivity contribution is 6.00. The lowest BCUT2D eigenvalue weighted by atomic mass is 9.92. The van der Waals surface area contributed by atoms with Gasteiger partial charge in [-0.05, 0) is 42.3 Å².